The Morgan fingerprint density at radius 3 is 2.86 bits per heavy atom. The lowest BCUT2D eigenvalue weighted by Gasteiger charge is -2.34. The zero-order chi connectivity index (χ0) is 18.8. The van der Waals surface area contributed by atoms with E-state index in [0.29, 0.717) is 6.04 Å². The number of hydrogen-bond donors (Lipinski definition) is 1. The Kier molecular flexibility index (Phi) is 4.74. The minimum absolute atomic E-state index is 0.330. The van der Waals surface area contributed by atoms with Gasteiger partial charge in [0.2, 0.25) is 0 Å². The summed E-state index contributed by atoms with van der Waals surface area (Å²) in [5.74, 6) is 1.87. The van der Waals surface area contributed by atoms with Crippen LogP contribution in [0.5, 0.6) is 0 Å². The van der Waals surface area contributed by atoms with Gasteiger partial charge in [-0.25, -0.2) is 4.98 Å². The summed E-state index contributed by atoms with van der Waals surface area (Å²) in [7, 11) is 0. The topological polar surface area (TPSA) is 66.7 Å². The minimum Gasteiger partial charge on any atom is -0.378 e. The van der Waals surface area contributed by atoms with Crippen molar-refractivity contribution in [1.29, 1.82) is 0 Å². The van der Waals surface area contributed by atoms with Gasteiger partial charge in [0.05, 0.1) is 18.6 Å². The van der Waals surface area contributed by atoms with Crippen LogP contribution < -0.4 is 15.1 Å². The van der Waals surface area contributed by atoms with Crippen molar-refractivity contribution < 1.29 is 9.26 Å². The van der Waals surface area contributed by atoms with E-state index in [-0.39, 0.29) is 0 Å². The predicted octanol–water partition coefficient (Wildman–Crippen LogP) is 3.14. The van der Waals surface area contributed by atoms with Crippen LogP contribution in [0.25, 0.3) is 11.0 Å². The molecule has 28 heavy (non-hydrogen) atoms. The molecule has 4 heterocycles. The SMILES string of the molecule is c1ccc2c(N3CCC[C@@H](Nc4cc(N5CCOCC5)ccn4)C3)noc2c1. The van der Waals surface area contributed by atoms with Gasteiger partial charge in [-0.05, 0) is 31.0 Å². The molecule has 0 bridgehead atoms. The van der Waals surface area contributed by atoms with Crippen molar-refractivity contribution in [3.05, 3.63) is 42.6 Å². The van der Waals surface area contributed by atoms with Gasteiger partial charge in [0.1, 0.15) is 5.82 Å². The maximum atomic E-state index is 5.50. The average Bonchev–Trinajstić information content (AvgIpc) is 3.19. The van der Waals surface area contributed by atoms with Crippen molar-refractivity contribution in [1.82, 2.24) is 10.1 Å². The zero-order valence-corrected chi connectivity index (χ0v) is 15.9. The first kappa shape index (κ1) is 17.3. The Bertz CT molecular complexity index is 937. The van der Waals surface area contributed by atoms with Crippen LogP contribution in [0, 0.1) is 0 Å². The number of piperidine rings is 1. The number of ether oxygens (including phenoxy) is 1. The summed E-state index contributed by atoms with van der Waals surface area (Å²) in [4.78, 5) is 9.21. The molecule has 146 valence electrons. The number of pyridine rings is 1. The molecule has 7 nitrogen and oxygen atoms in total. The molecule has 0 unspecified atom stereocenters. The highest BCUT2D eigenvalue weighted by molar-refractivity contribution is 5.88. The predicted molar refractivity (Wildman–Crippen MR) is 110 cm³/mol. The molecule has 2 saturated heterocycles. The molecular weight excluding hydrogens is 354 g/mol. The first-order valence-corrected chi connectivity index (χ1v) is 10.0. The van der Waals surface area contributed by atoms with Gasteiger partial charge in [-0.1, -0.05) is 17.3 Å². The number of nitrogens with one attached hydrogen (secondary N) is 1. The van der Waals surface area contributed by atoms with Crippen molar-refractivity contribution in [2.75, 3.05) is 54.5 Å². The van der Waals surface area contributed by atoms with Gasteiger partial charge in [0.15, 0.2) is 11.4 Å². The van der Waals surface area contributed by atoms with Crippen LogP contribution in [0.4, 0.5) is 17.3 Å². The van der Waals surface area contributed by atoms with Gasteiger partial charge in [0.25, 0.3) is 0 Å². The van der Waals surface area contributed by atoms with E-state index in [0.717, 1.165) is 74.8 Å². The Morgan fingerprint density at radius 1 is 1.04 bits per heavy atom. The van der Waals surface area contributed by atoms with Crippen LogP contribution in [-0.2, 0) is 4.74 Å². The number of nitrogens with zero attached hydrogens (tertiary/aromatic N) is 4. The highest BCUT2D eigenvalue weighted by Gasteiger charge is 2.24. The third-order valence-electron chi connectivity index (χ3n) is 5.55. The molecule has 5 rings (SSSR count). The lowest BCUT2D eigenvalue weighted by Crippen LogP contribution is -2.42. The molecule has 7 heteroatoms. The van der Waals surface area contributed by atoms with Crippen LogP contribution in [-0.4, -0.2) is 55.6 Å². The van der Waals surface area contributed by atoms with E-state index in [2.05, 4.69) is 43.5 Å². The van der Waals surface area contributed by atoms with Crippen LogP contribution in [0.1, 0.15) is 12.8 Å². The van der Waals surface area contributed by atoms with Gasteiger partial charge in [0, 0.05) is 50.2 Å². The average molecular weight is 379 g/mol. The molecule has 1 atom stereocenters. The Morgan fingerprint density at radius 2 is 1.93 bits per heavy atom. The van der Waals surface area contributed by atoms with E-state index in [1.54, 1.807) is 0 Å². The van der Waals surface area contributed by atoms with Crippen LogP contribution >= 0.6 is 0 Å². The summed E-state index contributed by atoms with van der Waals surface area (Å²) < 4.78 is 11.0. The van der Waals surface area contributed by atoms with E-state index in [1.807, 2.05) is 24.4 Å². The number of fused-ring (bicyclic) bond motifs is 1. The van der Waals surface area contributed by atoms with Gasteiger partial charge in [-0.15, -0.1) is 0 Å². The Labute approximate surface area is 164 Å². The largest absolute Gasteiger partial charge is 0.378 e. The number of hydrogen-bond acceptors (Lipinski definition) is 7. The number of aromatic nitrogens is 2. The van der Waals surface area contributed by atoms with Crippen LogP contribution in [0.15, 0.2) is 47.1 Å². The maximum absolute atomic E-state index is 5.50. The van der Waals surface area contributed by atoms with E-state index in [4.69, 9.17) is 9.26 Å². The molecular formula is C21H25N5O2. The van der Waals surface area contributed by atoms with E-state index in [1.165, 1.54) is 5.69 Å². The fraction of sp³-hybridized carbons (Fsp3) is 0.429. The smallest absolute Gasteiger partial charge is 0.180 e. The van der Waals surface area contributed by atoms with Crippen molar-refractivity contribution >= 4 is 28.3 Å². The lowest BCUT2D eigenvalue weighted by atomic mass is 10.1. The van der Waals surface area contributed by atoms with Crippen molar-refractivity contribution in [2.24, 2.45) is 0 Å². The lowest BCUT2D eigenvalue weighted by molar-refractivity contribution is 0.122. The Hall–Kier alpha value is -2.80. The van der Waals surface area contributed by atoms with Crippen LogP contribution in [0.2, 0.25) is 0 Å². The van der Waals surface area contributed by atoms with E-state index < -0.39 is 0 Å². The highest BCUT2D eigenvalue weighted by Crippen LogP contribution is 2.29. The first-order valence-electron chi connectivity index (χ1n) is 10.0. The number of para-hydroxylation sites is 1. The molecule has 2 aromatic heterocycles. The second-order valence-electron chi connectivity index (χ2n) is 7.43. The molecule has 0 amide bonds. The molecule has 3 aromatic rings. The summed E-state index contributed by atoms with van der Waals surface area (Å²) in [5, 5.41) is 9.04. The van der Waals surface area contributed by atoms with Crippen molar-refractivity contribution in [3.8, 4) is 0 Å². The Balaban J connectivity index is 1.29. The standard InChI is InChI=1S/C21H25N5O2/c1-2-6-19-18(5-1)21(24-28-19)26-9-3-4-16(15-26)23-20-14-17(7-8-22-20)25-10-12-27-13-11-25/h1-2,5-8,14,16H,3-4,9-13,15H2,(H,22,23)/t16-/m1/s1. The summed E-state index contributed by atoms with van der Waals surface area (Å²) in [6, 6.07) is 12.6. The third kappa shape index (κ3) is 3.49. The normalized spacial score (nSPS) is 20.5. The molecule has 2 fully saturated rings. The summed E-state index contributed by atoms with van der Waals surface area (Å²) in [6.07, 6.45) is 4.12. The van der Waals surface area contributed by atoms with Gasteiger partial charge < -0.3 is 24.4 Å². The first-order chi connectivity index (χ1) is 13.9. The molecule has 2 aliphatic rings. The molecule has 0 aliphatic carbocycles. The molecule has 1 aromatic carbocycles. The molecule has 1 N–H and O–H groups in total. The van der Waals surface area contributed by atoms with Gasteiger partial charge in [-0.2, -0.15) is 0 Å². The van der Waals surface area contributed by atoms with E-state index >= 15 is 0 Å². The summed E-state index contributed by atoms with van der Waals surface area (Å²) >= 11 is 0. The van der Waals surface area contributed by atoms with Crippen LogP contribution in [0.3, 0.4) is 0 Å². The fourth-order valence-electron chi connectivity index (χ4n) is 4.11. The minimum atomic E-state index is 0.330. The monoisotopic (exact) mass is 379 g/mol. The van der Waals surface area contributed by atoms with E-state index in [9.17, 15) is 0 Å². The number of morpholine rings is 1. The maximum Gasteiger partial charge on any atom is 0.180 e. The third-order valence-corrected chi connectivity index (χ3v) is 5.55. The van der Waals surface area contributed by atoms with Gasteiger partial charge in [-0.3, -0.25) is 0 Å². The fourth-order valence-corrected chi connectivity index (χ4v) is 4.11. The number of rotatable bonds is 4. The molecule has 0 radical (unpaired) electrons. The number of benzene rings is 1. The molecule has 0 spiro atoms. The van der Waals surface area contributed by atoms with Gasteiger partial charge >= 0.3 is 0 Å². The second-order valence-corrected chi connectivity index (χ2v) is 7.43. The van der Waals surface area contributed by atoms with Crippen molar-refractivity contribution in [2.45, 2.75) is 18.9 Å². The quantitative estimate of drug-likeness (QED) is 0.747. The highest BCUT2D eigenvalue weighted by atomic mass is 16.5. The second kappa shape index (κ2) is 7.67. The summed E-state index contributed by atoms with van der Waals surface area (Å²) in [5.41, 5.74) is 2.04. The summed E-state index contributed by atoms with van der Waals surface area (Å²) in [6.45, 7) is 5.32. The zero-order valence-electron chi connectivity index (χ0n) is 15.9. The van der Waals surface area contributed by atoms with Crippen molar-refractivity contribution in [3.63, 3.8) is 0 Å². The molecule has 0 saturated carbocycles. The molecule has 2 aliphatic heterocycles. The number of anilines is 3.